The van der Waals surface area contributed by atoms with Crippen molar-refractivity contribution < 1.29 is 19.4 Å². The van der Waals surface area contributed by atoms with Gasteiger partial charge in [0.1, 0.15) is 0 Å². The van der Waals surface area contributed by atoms with Crippen LogP contribution in [-0.2, 0) is 14.3 Å². The average molecular weight is 217 g/mol. The Labute approximate surface area is 89.8 Å². The smallest absolute Gasteiger partial charge is 0.303 e. The second-order valence-electron chi connectivity index (χ2n) is 3.70. The molecule has 2 unspecified atom stereocenters. The van der Waals surface area contributed by atoms with E-state index in [-0.39, 0.29) is 24.3 Å². The van der Waals surface area contributed by atoms with Gasteiger partial charge in [-0.05, 0) is 13.3 Å². The van der Waals surface area contributed by atoms with E-state index >= 15 is 0 Å². The number of carboxylic acid groups (broad SMARTS) is 1. The Kier molecular flexibility index (Phi) is 6.70. The monoisotopic (exact) mass is 217 g/mol. The van der Waals surface area contributed by atoms with Gasteiger partial charge in [0.05, 0.1) is 12.5 Å². The number of hydrogen-bond donors (Lipinski definition) is 2. The molecule has 0 fully saturated rings. The first-order chi connectivity index (χ1) is 6.97. The second kappa shape index (κ2) is 7.23. The molecular weight excluding hydrogens is 198 g/mol. The van der Waals surface area contributed by atoms with E-state index in [2.05, 4.69) is 5.32 Å². The highest BCUT2D eigenvalue weighted by molar-refractivity contribution is 5.78. The van der Waals surface area contributed by atoms with Crippen LogP contribution >= 0.6 is 0 Å². The van der Waals surface area contributed by atoms with Gasteiger partial charge < -0.3 is 15.2 Å². The fourth-order valence-corrected chi connectivity index (χ4v) is 1.12. The van der Waals surface area contributed by atoms with E-state index in [0.29, 0.717) is 13.0 Å². The molecule has 0 aromatic heterocycles. The molecule has 0 aliphatic rings. The van der Waals surface area contributed by atoms with Crippen LogP contribution < -0.4 is 5.32 Å². The molecule has 88 valence electrons. The van der Waals surface area contributed by atoms with E-state index in [1.807, 2.05) is 0 Å². The summed E-state index contributed by atoms with van der Waals surface area (Å²) in [7, 11) is 1.54. The fourth-order valence-electron chi connectivity index (χ4n) is 1.12. The molecule has 5 heteroatoms. The van der Waals surface area contributed by atoms with Gasteiger partial charge in [-0.15, -0.1) is 0 Å². The predicted molar refractivity (Wildman–Crippen MR) is 55.5 cm³/mol. The van der Waals surface area contributed by atoms with E-state index in [1.54, 1.807) is 13.8 Å². The minimum atomic E-state index is -0.846. The Morgan fingerprint density at radius 1 is 1.40 bits per heavy atom. The van der Waals surface area contributed by atoms with Gasteiger partial charge in [-0.25, -0.2) is 0 Å². The zero-order valence-corrected chi connectivity index (χ0v) is 9.45. The lowest BCUT2D eigenvalue weighted by molar-refractivity contribution is -0.137. The highest BCUT2D eigenvalue weighted by Gasteiger charge is 2.15. The highest BCUT2D eigenvalue weighted by Crippen LogP contribution is 2.00. The third-order valence-corrected chi connectivity index (χ3v) is 2.04. The zero-order valence-electron chi connectivity index (χ0n) is 9.45. The lowest BCUT2D eigenvalue weighted by atomic mass is 10.1. The van der Waals surface area contributed by atoms with Gasteiger partial charge in [0, 0.05) is 19.6 Å². The van der Waals surface area contributed by atoms with Crippen LogP contribution in [0.2, 0.25) is 0 Å². The van der Waals surface area contributed by atoms with Crippen molar-refractivity contribution in [1.29, 1.82) is 0 Å². The number of carbonyl (C=O) groups is 2. The summed E-state index contributed by atoms with van der Waals surface area (Å²) < 4.78 is 4.85. The molecule has 0 saturated carbocycles. The first-order valence-corrected chi connectivity index (χ1v) is 4.98. The molecule has 5 nitrogen and oxygen atoms in total. The molecular formula is C10H19NO4. The Hall–Kier alpha value is -1.10. The maximum Gasteiger partial charge on any atom is 0.303 e. The van der Waals surface area contributed by atoms with Crippen LogP contribution in [0.1, 0.15) is 26.7 Å². The van der Waals surface area contributed by atoms with Crippen molar-refractivity contribution in [2.45, 2.75) is 32.7 Å². The van der Waals surface area contributed by atoms with Gasteiger partial charge in [0.15, 0.2) is 0 Å². The van der Waals surface area contributed by atoms with Crippen LogP contribution in [0, 0.1) is 5.92 Å². The second-order valence-corrected chi connectivity index (χ2v) is 3.70. The van der Waals surface area contributed by atoms with E-state index in [9.17, 15) is 9.59 Å². The number of carbonyl (C=O) groups excluding carboxylic acids is 1. The number of aliphatic carboxylic acids is 1. The van der Waals surface area contributed by atoms with Gasteiger partial charge in [-0.3, -0.25) is 9.59 Å². The van der Waals surface area contributed by atoms with E-state index in [4.69, 9.17) is 9.84 Å². The standard InChI is InChI=1S/C10H19NO4/c1-7(6-15-3)10(14)11-8(2)4-5-9(12)13/h7-8H,4-6H2,1-3H3,(H,11,14)(H,12,13). The van der Waals surface area contributed by atoms with Crippen LogP contribution in [0.25, 0.3) is 0 Å². The minimum Gasteiger partial charge on any atom is -0.481 e. The molecule has 0 aliphatic heterocycles. The molecule has 0 aromatic carbocycles. The maximum atomic E-state index is 11.4. The molecule has 0 aliphatic carbocycles. The molecule has 1 amide bonds. The van der Waals surface area contributed by atoms with Gasteiger partial charge in [0.25, 0.3) is 0 Å². The van der Waals surface area contributed by atoms with E-state index in [1.165, 1.54) is 7.11 Å². The molecule has 0 saturated heterocycles. The van der Waals surface area contributed by atoms with Crippen molar-refractivity contribution in [3.8, 4) is 0 Å². The third kappa shape index (κ3) is 6.90. The molecule has 0 rings (SSSR count). The van der Waals surface area contributed by atoms with Crippen molar-refractivity contribution in [2.75, 3.05) is 13.7 Å². The molecule has 0 aromatic rings. The van der Waals surface area contributed by atoms with Gasteiger partial charge in [-0.2, -0.15) is 0 Å². The fraction of sp³-hybridized carbons (Fsp3) is 0.800. The number of rotatable bonds is 7. The zero-order chi connectivity index (χ0) is 11.8. The largest absolute Gasteiger partial charge is 0.481 e. The Balaban J connectivity index is 3.79. The topological polar surface area (TPSA) is 75.6 Å². The average Bonchev–Trinajstić information content (AvgIpc) is 2.15. The number of nitrogens with one attached hydrogen (secondary N) is 1. The van der Waals surface area contributed by atoms with Crippen LogP contribution in [0.4, 0.5) is 0 Å². The number of methoxy groups -OCH3 is 1. The first-order valence-electron chi connectivity index (χ1n) is 4.98. The summed E-state index contributed by atoms with van der Waals surface area (Å²) in [6.07, 6.45) is 0.515. The summed E-state index contributed by atoms with van der Waals surface area (Å²) in [5.74, 6) is -1.15. The van der Waals surface area contributed by atoms with Crippen LogP contribution in [0.3, 0.4) is 0 Å². The van der Waals surface area contributed by atoms with E-state index in [0.717, 1.165) is 0 Å². The molecule has 0 bridgehead atoms. The summed E-state index contributed by atoms with van der Waals surface area (Å²) in [5.41, 5.74) is 0. The molecule has 0 radical (unpaired) electrons. The number of hydrogen-bond acceptors (Lipinski definition) is 3. The lowest BCUT2D eigenvalue weighted by Gasteiger charge is -2.16. The molecule has 0 spiro atoms. The third-order valence-electron chi connectivity index (χ3n) is 2.04. The number of carboxylic acids is 1. The molecule has 2 N–H and O–H groups in total. The Morgan fingerprint density at radius 2 is 2.00 bits per heavy atom. The maximum absolute atomic E-state index is 11.4. The van der Waals surface area contributed by atoms with Crippen molar-refractivity contribution >= 4 is 11.9 Å². The number of amides is 1. The number of ether oxygens (including phenoxy) is 1. The van der Waals surface area contributed by atoms with Crippen molar-refractivity contribution in [2.24, 2.45) is 5.92 Å². The highest BCUT2D eigenvalue weighted by atomic mass is 16.5. The van der Waals surface area contributed by atoms with Gasteiger partial charge in [0.2, 0.25) is 5.91 Å². The van der Waals surface area contributed by atoms with Gasteiger partial charge in [-0.1, -0.05) is 6.92 Å². The SMILES string of the molecule is COCC(C)C(=O)NC(C)CCC(=O)O. The molecule has 2 atom stereocenters. The van der Waals surface area contributed by atoms with Crippen LogP contribution in [0.15, 0.2) is 0 Å². The summed E-state index contributed by atoms with van der Waals surface area (Å²) in [4.78, 5) is 21.7. The predicted octanol–water partition coefficient (Wildman–Crippen LogP) is 0.638. The van der Waals surface area contributed by atoms with Crippen molar-refractivity contribution in [1.82, 2.24) is 5.32 Å². The summed E-state index contributed by atoms with van der Waals surface area (Å²) in [6, 6.07) is -0.118. The lowest BCUT2D eigenvalue weighted by Crippen LogP contribution is -2.38. The summed E-state index contributed by atoms with van der Waals surface area (Å²) >= 11 is 0. The first kappa shape index (κ1) is 13.9. The van der Waals surface area contributed by atoms with Crippen molar-refractivity contribution in [3.63, 3.8) is 0 Å². The molecule has 15 heavy (non-hydrogen) atoms. The Bertz CT molecular complexity index is 217. The molecule has 0 heterocycles. The van der Waals surface area contributed by atoms with Crippen molar-refractivity contribution in [3.05, 3.63) is 0 Å². The van der Waals surface area contributed by atoms with Crippen LogP contribution in [-0.4, -0.2) is 36.7 Å². The summed E-state index contributed by atoms with van der Waals surface area (Å²) in [6.45, 7) is 3.93. The summed E-state index contributed by atoms with van der Waals surface area (Å²) in [5, 5.41) is 11.2. The normalized spacial score (nSPS) is 14.3. The van der Waals surface area contributed by atoms with Gasteiger partial charge >= 0.3 is 5.97 Å². The van der Waals surface area contributed by atoms with Crippen LogP contribution in [0.5, 0.6) is 0 Å². The quantitative estimate of drug-likeness (QED) is 0.656. The van der Waals surface area contributed by atoms with E-state index < -0.39 is 5.97 Å². The minimum absolute atomic E-state index is 0.0695. The Morgan fingerprint density at radius 3 is 2.47 bits per heavy atom.